The molecule has 0 bridgehead atoms. The number of fused-ring (bicyclic) bond motifs is 1. The van der Waals surface area contributed by atoms with Crippen LogP contribution in [0, 0.1) is 0 Å². The minimum Gasteiger partial charge on any atom is -0.395 e. The number of rotatable bonds is 5. The topological polar surface area (TPSA) is 49.2 Å². The molecule has 0 unspecified atom stereocenters. The van der Waals surface area contributed by atoms with E-state index in [1.807, 2.05) is 18.2 Å². The summed E-state index contributed by atoms with van der Waals surface area (Å²) in [7, 11) is 0. The zero-order chi connectivity index (χ0) is 13.8. The maximum absolute atomic E-state index is 9.34. The van der Waals surface area contributed by atoms with Crippen molar-refractivity contribution in [3.63, 3.8) is 0 Å². The van der Waals surface area contributed by atoms with Crippen molar-refractivity contribution in [3.05, 3.63) is 53.5 Å². The Kier molecular flexibility index (Phi) is 3.92. The van der Waals surface area contributed by atoms with Crippen LogP contribution in [-0.2, 0) is 19.4 Å². The van der Waals surface area contributed by atoms with Gasteiger partial charge in [-0.3, -0.25) is 0 Å². The Morgan fingerprint density at radius 1 is 1.10 bits per heavy atom. The molecular formula is C16H19N3O. The van der Waals surface area contributed by atoms with E-state index in [2.05, 4.69) is 27.0 Å². The second-order valence-corrected chi connectivity index (χ2v) is 5.11. The summed E-state index contributed by atoms with van der Waals surface area (Å²) in [6, 6.07) is 10.3. The molecule has 0 saturated heterocycles. The Morgan fingerprint density at radius 2 is 1.95 bits per heavy atom. The van der Waals surface area contributed by atoms with Crippen molar-refractivity contribution >= 4 is 5.82 Å². The molecule has 4 nitrogen and oxygen atoms in total. The number of anilines is 1. The van der Waals surface area contributed by atoms with Crippen molar-refractivity contribution in [2.24, 2.45) is 0 Å². The monoisotopic (exact) mass is 269 g/mol. The Labute approximate surface area is 119 Å². The summed E-state index contributed by atoms with van der Waals surface area (Å²) < 4.78 is 0. The van der Waals surface area contributed by atoms with Gasteiger partial charge in [-0.05, 0) is 24.8 Å². The average Bonchev–Trinajstić information content (AvgIpc) is 2.96. The van der Waals surface area contributed by atoms with E-state index in [-0.39, 0.29) is 6.61 Å². The van der Waals surface area contributed by atoms with Crippen molar-refractivity contribution in [1.29, 1.82) is 0 Å². The van der Waals surface area contributed by atoms with E-state index in [9.17, 15) is 5.11 Å². The van der Waals surface area contributed by atoms with Gasteiger partial charge in [-0.15, -0.1) is 0 Å². The lowest BCUT2D eigenvalue weighted by atomic mass is 10.2. The van der Waals surface area contributed by atoms with Crippen LogP contribution in [-0.4, -0.2) is 28.2 Å². The third kappa shape index (κ3) is 2.65. The van der Waals surface area contributed by atoms with Crippen LogP contribution in [0.2, 0.25) is 0 Å². The maximum atomic E-state index is 9.34. The summed E-state index contributed by atoms with van der Waals surface area (Å²) in [5, 5.41) is 9.34. The molecule has 0 atom stereocenters. The Balaban J connectivity index is 1.89. The number of aryl methyl sites for hydroxylation is 1. The van der Waals surface area contributed by atoms with Gasteiger partial charge in [0.2, 0.25) is 0 Å². The van der Waals surface area contributed by atoms with Gasteiger partial charge in [0.25, 0.3) is 0 Å². The Hall–Kier alpha value is -1.94. The van der Waals surface area contributed by atoms with E-state index in [0.29, 0.717) is 6.54 Å². The molecule has 1 aliphatic carbocycles. The first kappa shape index (κ1) is 13.1. The van der Waals surface area contributed by atoms with Gasteiger partial charge in [0, 0.05) is 24.3 Å². The summed E-state index contributed by atoms with van der Waals surface area (Å²) in [6.45, 7) is 1.49. The highest BCUT2D eigenvalue weighted by Gasteiger charge is 2.20. The number of aliphatic hydroxyl groups excluding tert-OH is 1. The molecule has 0 saturated carbocycles. The molecule has 1 aromatic heterocycles. The fourth-order valence-electron chi connectivity index (χ4n) is 2.80. The number of hydrogen-bond acceptors (Lipinski definition) is 4. The summed E-state index contributed by atoms with van der Waals surface area (Å²) in [5.74, 6) is 0.991. The molecule has 1 heterocycles. The van der Waals surface area contributed by atoms with E-state index in [1.165, 1.54) is 16.8 Å². The molecule has 0 fully saturated rings. The van der Waals surface area contributed by atoms with E-state index in [4.69, 9.17) is 0 Å². The van der Waals surface area contributed by atoms with Gasteiger partial charge in [-0.25, -0.2) is 9.97 Å². The van der Waals surface area contributed by atoms with Gasteiger partial charge in [-0.1, -0.05) is 30.3 Å². The highest BCUT2D eigenvalue weighted by molar-refractivity contribution is 5.50. The zero-order valence-electron chi connectivity index (χ0n) is 11.5. The second kappa shape index (κ2) is 6.01. The molecule has 2 aromatic rings. The van der Waals surface area contributed by atoms with Gasteiger partial charge >= 0.3 is 0 Å². The van der Waals surface area contributed by atoms with Gasteiger partial charge in [0.15, 0.2) is 0 Å². The highest BCUT2D eigenvalue weighted by atomic mass is 16.3. The van der Waals surface area contributed by atoms with E-state index >= 15 is 0 Å². The lowest BCUT2D eigenvalue weighted by Gasteiger charge is -2.25. The number of benzene rings is 1. The summed E-state index contributed by atoms with van der Waals surface area (Å²) in [5.41, 5.74) is 3.66. The fraction of sp³-hybridized carbons (Fsp3) is 0.375. The van der Waals surface area contributed by atoms with Crippen molar-refractivity contribution in [2.45, 2.75) is 25.8 Å². The van der Waals surface area contributed by atoms with Gasteiger partial charge in [-0.2, -0.15) is 0 Å². The first-order valence-electron chi connectivity index (χ1n) is 7.11. The Bertz CT molecular complexity index is 571. The molecule has 3 rings (SSSR count). The Morgan fingerprint density at radius 3 is 2.75 bits per heavy atom. The van der Waals surface area contributed by atoms with Crippen molar-refractivity contribution < 1.29 is 5.11 Å². The van der Waals surface area contributed by atoms with Gasteiger partial charge in [0.1, 0.15) is 12.1 Å². The van der Waals surface area contributed by atoms with Crippen molar-refractivity contribution in [2.75, 3.05) is 18.1 Å². The fourth-order valence-corrected chi connectivity index (χ4v) is 2.80. The molecule has 4 heteroatoms. The maximum Gasteiger partial charge on any atom is 0.135 e. The third-order valence-electron chi connectivity index (χ3n) is 3.74. The number of aliphatic hydroxyl groups is 1. The SMILES string of the molecule is OCCN(Cc1ccccc1)c1ncnc2c1CCC2. The smallest absolute Gasteiger partial charge is 0.135 e. The van der Waals surface area contributed by atoms with Crippen molar-refractivity contribution in [3.8, 4) is 0 Å². The van der Waals surface area contributed by atoms with Crippen LogP contribution in [0.1, 0.15) is 23.2 Å². The minimum atomic E-state index is 0.131. The molecule has 0 spiro atoms. The van der Waals surface area contributed by atoms with Gasteiger partial charge < -0.3 is 10.0 Å². The van der Waals surface area contributed by atoms with Crippen LogP contribution < -0.4 is 4.90 Å². The third-order valence-corrected chi connectivity index (χ3v) is 3.74. The normalized spacial score (nSPS) is 13.2. The predicted octanol–water partition coefficient (Wildman–Crippen LogP) is 1.96. The average molecular weight is 269 g/mol. The van der Waals surface area contributed by atoms with Crippen LogP contribution in [0.25, 0.3) is 0 Å². The number of aromatic nitrogens is 2. The highest BCUT2D eigenvalue weighted by Crippen LogP contribution is 2.28. The predicted molar refractivity (Wildman–Crippen MR) is 78.6 cm³/mol. The van der Waals surface area contributed by atoms with Crippen LogP contribution in [0.15, 0.2) is 36.7 Å². The van der Waals surface area contributed by atoms with Crippen LogP contribution in [0.4, 0.5) is 5.82 Å². The van der Waals surface area contributed by atoms with Crippen LogP contribution in [0.3, 0.4) is 0 Å². The summed E-state index contributed by atoms with van der Waals surface area (Å²) >= 11 is 0. The second-order valence-electron chi connectivity index (χ2n) is 5.11. The molecular weight excluding hydrogens is 250 g/mol. The molecule has 0 aliphatic heterocycles. The van der Waals surface area contributed by atoms with E-state index in [0.717, 1.165) is 31.6 Å². The largest absolute Gasteiger partial charge is 0.395 e. The lowest BCUT2D eigenvalue weighted by Crippen LogP contribution is -2.28. The lowest BCUT2D eigenvalue weighted by molar-refractivity contribution is 0.301. The molecule has 0 radical (unpaired) electrons. The van der Waals surface area contributed by atoms with E-state index in [1.54, 1.807) is 6.33 Å². The molecule has 1 aromatic carbocycles. The first-order valence-corrected chi connectivity index (χ1v) is 7.11. The zero-order valence-corrected chi connectivity index (χ0v) is 11.5. The molecule has 1 N–H and O–H groups in total. The molecule has 1 aliphatic rings. The van der Waals surface area contributed by atoms with Crippen LogP contribution >= 0.6 is 0 Å². The first-order chi connectivity index (χ1) is 9.88. The summed E-state index contributed by atoms with van der Waals surface area (Å²) in [6.07, 6.45) is 4.89. The van der Waals surface area contributed by atoms with Crippen LogP contribution in [0.5, 0.6) is 0 Å². The molecule has 20 heavy (non-hydrogen) atoms. The molecule has 0 amide bonds. The standard InChI is InChI=1S/C16H19N3O/c20-10-9-19(11-13-5-2-1-3-6-13)16-14-7-4-8-15(14)17-12-18-16/h1-3,5-6,12,20H,4,7-11H2. The van der Waals surface area contributed by atoms with Crippen molar-refractivity contribution in [1.82, 2.24) is 9.97 Å². The summed E-state index contributed by atoms with van der Waals surface area (Å²) in [4.78, 5) is 11.0. The van der Waals surface area contributed by atoms with E-state index < -0.39 is 0 Å². The number of hydrogen-bond donors (Lipinski definition) is 1. The quantitative estimate of drug-likeness (QED) is 0.901. The number of nitrogens with zero attached hydrogens (tertiary/aromatic N) is 3. The molecule has 104 valence electrons. The minimum absolute atomic E-state index is 0.131. The van der Waals surface area contributed by atoms with Gasteiger partial charge in [0.05, 0.1) is 6.61 Å².